The van der Waals surface area contributed by atoms with Gasteiger partial charge >= 0.3 is 0 Å². The van der Waals surface area contributed by atoms with E-state index in [1.54, 1.807) is 6.07 Å². The first-order valence-corrected chi connectivity index (χ1v) is 6.02. The van der Waals surface area contributed by atoms with E-state index in [1.165, 1.54) is 11.1 Å². The number of rotatable bonds is 2. The fourth-order valence-corrected chi connectivity index (χ4v) is 2.18. The second kappa shape index (κ2) is 4.64. The van der Waals surface area contributed by atoms with Crippen molar-refractivity contribution >= 4 is 21.6 Å². The van der Waals surface area contributed by atoms with Crippen molar-refractivity contribution in [1.82, 2.24) is 4.57 Å². The summed E-state index contributed by atoms with van der Waals surface area (Å²) in [7, 11) is 0. The Bertz CT molecular complexity index is 593. The molecular formula is C13H12BrN3. The van der Waals surface area contributed by atoms with Crippen LogP contribution in [0.4, 0.5) is 5.69 Å². The number of halogens is 1. The summed E-state index contributed by atoms with van der Waals surface area (Å²) in [5.41, 5.74) is 9.33. The topological polar surface area (TPSA) is 54.7 Å². The van der Waals surface area contributed by atoms with Gasteiger partial charge in [0.05, 0.1) is 5.69 Å². The molecule has 2 N–H and O–H groups in total. The molecule has 1 heterocycles. The van der Waals surface area contributed by atoms with Gasteiger partial charge in [-0.05, 0) is 40.0 Å². The first-order chi connectivity index (χ1) is 8.13. The third-order valence-corrected chi connectivity index (χ3v) is 3.65. The molecular weight excluding hydrogens is 278 g/mol. The average Bonchev–Trinajstić information content (AvgIpc) is 2.59. The summed E-state index contributed by atoms with van der Waals surface area (Å²) in [6.07, 6.45) is 0. The first kappa shape index (κ1) is 11.7. The van der Waals surface area contributed by atoms with Crippen LogP contribution in [0.5, 0.6) is 0 Å². The van der Waals surface area contributed by atoms with Gasteiger partial charge in [0.2, 0.25) is 0 Å². The van der Waals surface area contributed by atoms with E-state index in [2.05, 4.69) is 41.1 Å². The van der Waals surface area contributed by atoms with Crippen LogP contribution in [0.3, 0.4) is 0 Å². The number of hydrogen-bond donors (Lipinski definition) is 1. The van der Waals surface area contributed by atoms with Crippen molar-refractivity contribution in [2.75, 3.05) is 5.73 Å². The van der Waals surface area contributed by atoms with Crippen LogP contribution in [0.2, 0.25) is 0 Å². The Morgan fingerprint density at radius 2 is 2.12 bits per heavy atom. The number of nitriles is 1. The van der Waals surface area contributed by atoms with Crippen LogP contribution in [-0.2, 0) is 6.54 Å². The molecule has 86 valence electrons. The highest BCUT2D eigenvalue weighted by molar-refractivity contribution is 9.10. The molecule has 1 aromatic heterocycles. The summed E-state index contributed by atoms with van der Waals surface area (Å²) in [5.74, 6) is 0. The third kappa shape index (κ3) is 2.20. The van der Waals surface area contributed by atoms with Crippen LogP contribution in [0, 0.1) is 18.3 Å². The van der Waals surface area contributed by atoms with E-state index in [4.69, 9.17) is 11.0 Å². The predicted molar refractivity (Wildman–Crippen MR) is 71.5 cm³/mol. The smallest absolute Gasteiger partial charge is 0.123 e. The second-order valence-corrected chi connectivity index (χ2v) is 4.65. The number of nitrogens with two attached hydrogens (primary N) is 1. The molecule has 0 aliphatic heterocycles. The summed E-state index contributed by atoms with van der Waals surface area (Å²) in [6, 6.07) is 11.9. The SMILES string of the molecule is Cc1ccccc1Cn1c(C#N)cc(N)c1Br. The molecule has 3 nitrogen and oxygen atoms in total. The number of nitrogen functional groups attached to an aromatic ring is 1. The molecule has 0 fully saturated rings. The van der Waals surface area contributed by atoms with E-state index in [1.807, 2.05) is 16.7 Å². The quantitative estimate of drug-likeness (QED) is 0.924. The van der Waals surface area contributed by atoms with E-state index >= 15 is 0 Å². The van der Waals surface area contributed by atoms with Crippen LogP contribution >= 0.6 is 15.9 Å². The lowest BCUT2D eigenvalue weighted by molar-refractivity contribution is 0.771. The minimum absolute atomic E-state index is 0.567. The predicted octanol–water partition coefficient (Wildman–Crippen LogP) is 3.06. The minimum atomic E-state index is 0.567. The Labute approximate surface area is 109 Å². The highest BCUT2D eigenvalue weighted by atomic mass is 79.9. The van der Waals surface area contributed by atoms with Gasteiger partial charge in [-0.1, -0.05) is 24.3 Å². The first-order valence-electron chi connectivity index (χ1n) is 5.22. The molecule has 0 bridgehead atoms. The van der Waals surface area contributed by atoms with Crippen LogP contribution < -0.4 is 5.73 Å². The highest BCUT2D eigenvalue weighted by Gasteiger charge is 2.11. The Kier molecular flexibility index (Phi) is 3.21. The van der Waals surface area contributed by atoms with Gasteiger partial charge in [-0.2, -0.15) is 5.26 Å². The lowest BCUT2D eigenvalue weighted by Gasteiger charge is -2.09. The number of anilines is 1. The van der Waals surface area contributed by atoms with Gasteiger partial charge in [0.1, 0.15) is 16.4 Å². The fourth-order valence-electron chi connectivity index (χ4n) is 1.75. The van der Waals surface area contributed by atoms with Crippen LogP contribution in [-0.4, -0.2) is 4.57 Å². The van der Waals surface area contributed by atoms with E-state index in [0.717, 1.165) is 4.60 Å². The van der Waals surface area contributed by atoms with E-state index in [-0.39, 0.29) is 0 Å². The Morgan fingerprint density at radius 3 is 2.76 bits per heavy atom. The molecule has 0 saturated carbocycles. The summed E-state index contributed by atoms with van der Waals surface area (Å²) in [4.78, 5) is 0. The maximum atomic E-state index is 9.06. The fraction of sp³-hybridized carbons (Fsp3) is 0.154. The van der Waals surface area contributed by atoms with Gasteiger partial charge < -0.3 is 10.3 Å². The van der Waals surface area contributed by atoms with Crippen LogP contribution in [0.1, 0.15) is 16.8 Å². The minimum Gasteiger partial charge on any atom is -0.397 e. The molecule has 0 spiro atoms. The lowest BCUT2D eigenvalue weighted by Crippen LogP contribution is -2.04. The number of hydrogen-bond acceptors (Lipinski definition) is 2. The van der Waals surface area contributed by atoms with Crippen molar-refractivity contribution in [3.05, 3.63) is 51.8 Å². The van der Waals surface area contributed by atoms with Crippen molar-refractivity contribution in [3.8, 4) is 6.07 Å². The Morgan fingerprint density at radius 1 is 1.41 bits per heavy atom. The molecule has 0 aliphatic rings. The van der Waals surface area contributed by atoms with Gasteiger partial charge in [-0.15, -0.1) is 0 Å². The summed E-state index contributed by atoms with van der Waals surface area (Å²) < 4.78 is 2.63. The van der Waals surface area contributed by atoms with Crippen molar-refractivity contribution < 1.29 is 0 Å². The molecule has 2 aromatic rings. The molecule has 17 heavy (non-hydrogen) atoms. The maximum absolute atomic E-state index is 9.06. The average molecular weight is 290 g/mol. The molecule has 0 aliphatic carbocycles. The molecule has 1 aromatic carbocycles. The normalized spacial score (nSPS) is 10.2. The molecule has 4 heteroatoms. The van der Waals surface area contributed by atoms with Gasteiger partial charge in [-0.25, -0.2) is 0 Å². The standard InChI is InChI=1S/C13H12BrN3/c1-9-4-2-3-5-10(9)8-17-11(7-15)6-12(16)13(17)14/h2-6H,8,16H2,1H3. The zero-order valence-corrected chi connectivity index (χ0v) is 11.0. The van der Waals surface area contributed by atoms with Crippen LogP contribution in [0.15, 0.2) is 34.9 Å². The molecule has 0 radical (unpaired) electrons. The van der Waals surface area contributed by atoms with Crippen molar-refractivity contribution in [2.45, 2.75) is 13.5 Å². The van der Waals surface area contributed by atoms with Gasteiger partial charge in [0.25, 0.3) is 0 Å². The lowest BCUT2D eigenvalue weighted by atomic mass is 10.1. The van der Waals surface area contributed by atoms with Crippen molar-refractivity contribution in [3.63, 3.8) is 0 Å². The summed E-state index contributed by atoms with van der Waals surface area (Å²) in [5, 5.41) is 9.06. The van der Waals surface area contributed by atoms with E-state index in [0.29, 0.717) is 17.9 Å². The molecule has 0 atom stereocenters. The molecule has 0 saturated heterocycles. The summed E-state index contributed by atoms with van der Waals surface area (Å²) >= 11 is 3.41. The molecule has 0 unspecified atom stereocenters. The monoisotopic (exact) mass is 289 g/mol. The van der Waals surface area contributed by atoms with E-state index < -0.39 is 0 Å². The number of aryl methyl sites for hydroxylation is 1. The zero-order chi connectivity index (χ0) is 12.4. The Balaban J connectivity index is 2.44. The number of benzene rings is 1. The van der Waals surface area contributed by atoms with Gasteiger partial charge in [0, 0.05) is 6.54 Å². The van der Waals surface area contributed by atoms with Crippen molar-refractivity contribution in [1.29, 1.82) is 5.26 Å². The van der Waals surface area contributed by atoms with Gasteiger partial charge in [0.15, 0.2) is 0 Å². The van der Waals surface area contributed by atoms with Crippen LogP contribution in [0.25, 0.3) is 0 Å². The number of nitrogens with zero attached hydrogens (tertiary/aromatic N) is 2. The maximum Gasteiger partial charge on any atom is 0.123 e. The number of aromatic nitrogens is 1. The van der Waals surface area contributed by atoms with E-state index in [9.17, 15) is 0 Å². The molecule has 2 rings (SSSR count). The molecule has 0 amide bonds. The zero-order valence-electron chi connectivity index (χ0n) is 9.44. The summed E-state index contributed by atoms with van der Waals surface area (Å²) in [6.45, 7) is 2.70. The second-order valence-electron chi connectivity index (χ2n) is 3.90. The largest absolute Gasteiger partial charge is 0.397 e. The van der Waals surface area contributed by atoms with Crippen molar-refractivity contribution in [2.24, 2.45) is 0 Å². The highest BCUT2D eigenvalue weighted by Crippen LogP contribution is 2.25. The van der Waals surface area contributed by atoms with Gasteiger partial charge in [-0.3, -0.25) is 0 Å². The Hall–Kier alpha value is -1.73. The third-order valence-electron chi connectivity index (χ3n) is 2.76.